The number of hydrogen-bond acceptors (Lipinski definition) is 23. The zero-order chi connectivity index (χ0) is 95.1. The first-order valence-electron chi connectivity index (χ1n) is 52.0. The molecule has 2 rings (SSSR count). The molecule has 128 heavy (non-hydrogen) atoms. The number of esters is 8. The van der Waals surface area contributed by atoms with Gasteiger partial charge in [0.15, 0.2) is 17.8 Å². The number of allylic oxidation sites excluding steroid dienone is 3. The predicted octanol–water partition coefficient (Wildman–Crippen LogP) is 25.2. The van der Waals surface area contributed by atoms with Gasteiger partial charge in [0, 0.05) is 75.9 Å². The van der Waals surface area contributed by atoms with E-state index in [2.05, 4.69) is 67.7 Å². The lowest BCUT2D eigenvalue weighted by Gasteiger charge is -2.24. The largest absolute Gasteiger partial charge is 0.465 e. The molecule has 0 aromatic heterocycles. The van der Waals surface area contributed by atoms with Crippen LogP contribution in [0.3, 0.4) is 0 Å². The van der Waals surface area contributed by atoms with Crippen LogP contribution in [0.15, 0.2) is 36.6 Å². The second-order valence-corrected chi connectivity index (χ2v) is 35.8. The van der Waals surface area contributed by atoms with Gasteiger partial charge in [0.05, 0.1) is 46.1 Å². The van der Waals surface area contributed by atoms with Gasteiger partial charge in [-0.15, -0.1) is 0 Å². The van der Waals surface area contributed by atoms with Crippen molar-refractivity contribution in [3.05, 3.63) is 36.6 Å². The van der Waals surface area contributed by atoms with Crippen molar-refractivity contribution < 1.29 is 112 Å². The SMILES string of the molecule is C=C(CCCCCC)OOCC(CO)OC(=O)CCCCCCC.C=CC(=O)OC(CO)COC(=O)CCCCCCCCCCCCCCCCC.CCCCC/C(=C/CCCCCCCC(=O)OCC(C)CO)CCC.CCCCCCCCCCCCCC(=O)OCC1(CO)CCC(=O)O1.CCCCCCCCCCCCCC(=O)OC[C@@H]1CC(=O)O[C@H]1CO. The Morgan fingerprint density at radius 2 is 0.766 bits per heavy atom. The molecule has 2 aliphatic heterocycles. The first-order chi connectivity index (χ1) is 62.2. The molecule has 2 heterocycles. The Morgan fingerprint density at radius 1 is 0.406 bits per heavy atom. The van der Waals surface area contributed by atoms with Crippen LogP contribution >= 0.6 is 0 Å². The summed E-state index contributed by atoms with van der Waals surface area (Å²) in [7, 11) is 0. The summed E-state index contributed by atoms with van der Waals surface area (Å²) in [5.74, 6) is -2.14. The molecule has 5 N–H and O–H groups in total. The van der Waals surface area contributed by atoms with Crippen LogP contribution in [0.5, 0.6) is 0 Å². The van der Waals surface area contributed by atoms with Gasteiger partial charge in [0.2, 0.25) is 0 Å². The first kappa shape index (κ1) is 127. The first-order valence-corrected chi connectivity index (χ1v) is 52.0. The molecule has 0 aromatic rings. The van der Waals surface area contributed by atoms with E-state index < -0.39 is 29.9 Å². The number of carbonyl (C=O) groups excluding carboxylic acids is 8. The van der Waals surface area contributed by atoms with Gasteiger partial charge in [0.25, 0.3) is 0 Å². The van der Waals surface area contributed by atoms with Gasteiger partial charge in [-0.05, 0) is 70.6 Å². The Bertz CT molecular complexity index is 2610. The third-order valence-electron chi connectivity index (χ3n) is 23.1. The molecule has 0 spiro atoms. The normalized spacial score (nSPS) is 15.2. The van der Waals surface area contributed by atoms with Crippen LogP contribution in [0.25, 0.3) is 0 Å². The third-order valence-corrected chi connectivity index (χ3v) is 23.1. The highest BCUT2D eigenvalue weighted by atomic mass is 17.2. The molecule has 2 aliphatic rings. The van der Waals surface area contributed by atoms with E-state index in [0.717, 1.165) is 102 Å². The standard InChI is InChI=1S/C24H44O5.C22H42O3.2C20H36O5.C19H36O5/c1-3-5-6-7-8-9-10-11-12-13-14-15-16-17-18-19-24(27)28-21-22(20-25)29-23(26)4-2;1-4-6-11-15-21(14-5-2)16-12-9-7-8-10-13-17-22(24)25-19-20(3)18-23;1-2-3-4-5-6-7-8-9-10-11-12-13-19(22)24-16-17-14-20(23)25-18(17)15-21;1-2-3-4-5-6-7-8-9-10-11-12-13-18(22)24-17-20(16-21)15-14-19(23)25-20;1-4-6-8-10-12-14-19(21)23-18(15-20)16-22-24-17(3)13-11-9-7-5-2/h4,22,25H,2-3,5-21H2,1H3;16,20,23H,4-15,17-19H2,1-3H3;17-18,21H,2-16H2,1H3;21H,2-17H2,1H3;18,20H,3-16H2,1-2H3/b;21-16+;;;/t;;17-,18-;;/m..0../s1. The van der Waals surface area contributed by atoms with Crippen LogP contribution in [0, 0.1) is 11.8 Å². The molecule has 2 fully saturated rings. The monoisotopic (exact) mass is 1820 g/mol. The molecular formula is C105H194O23. The Hall–Kier alpha value is -5.46. The highest BCUT2D eigenvalue weighted by molar-refractivity contribution is 5.81. The van der Waals surface area contributed by atoms with E-state index in [9.17, 15) is 48.6 Å². The van der Waals surface area contributed by atoms with Crippen molar-refractivity contribution in [2.75, 3.05) is 66.1 Å². The zero-order valence-electron chi connectivity index (χ0n) is 83.0. The molecule has 0 bridgehead atoms. The minimum atomic E-state index is -1.01. The Kier molecular flexibility index (Phi) is 96.6. The van der Waals surface area contributed by atoms with E-state index in [0.29, 0.717) is 50.9 Å². The molecule has 23 heteroatoms. The van der Waals surface area contributed by atoms with E-state index in [4.69, 9.17) is 63.0 Å². The number of hydrogen-bond donors (Lipinski definition) is 5. The van der Waals surface area contributed by atoms with Gasteiger partial charge < -0.3 is 68.3 Å². The van der Waals surface area contributed by atoms with Gasteiger partial charge in [-0.3, -0.25) is 33.6 Å². The molecule has 2 saturated heterocycles. The van der Waals surface area contributed by atoms with Crippen molar-refractivity contribution in [2.24, 2.45) is 11.8 Å². The van der Waals surface area contributed by atoms with E-state index in [1.807, 2.05) is 6.92 Å². The smallest absolute Gasteiger partial charge is 0.330 e. The van der Waals surface area contributed by atoms with Crippen LogP contribution in [-0.2, 0) is 86.0 Å². The highest BCUT2D eigenvalue weighted by Crippen LogP contribution is 2.28. The number of cyclic esters (lactones) is 2. The van der Waals surface area contributed by atoms with Crippen molar-refractivity contribution >= 4 is 47.8 Å². The summed E-state index contributed by atoms with van der Waals surface area (Å²) < 4.78 is 40.6. The van der Waals surface area contributed by atoms with E-state index in [1.54, 1.807) is 5.57 Å². The summed E-state index contributed by atoms with van der Waals surface area (Å²) >= 11 is 0. The lowest BCUT2D eigenvalue weighted by Crippen LogP contribution is -2.39. The summed E-state index contributed by atoms with van der Waals surface area (Å²) in [6.07, 6.45) is 76.6. The number of unbranched alkanes of at least 4 members (excludes halogenated alkanes) is 48. The Labute approximate surface area is 779 Å². The van der Waals surface area contributed by atoms with E-state index in [1.165, 1.54) is 283 Å². The molecule has 6 atom stereocenters. The summed E-state index contributed by atoms with van der Waals surface area (Å²) in [6.45, 7) is 23.8. The topological polar surface area (TPSA) is 330 Å². The van der Waals surface area contributed by atoms with Crippen molar-refractivity contribution in [1.29, 1.82) is 0 Å². The van der Waals surface area contributed by atoms with Crippen molar-refractivity contribution in [2.45, 2.75) is 509 Å². The van der Waals surface area contributed by atoms with Gasteiger partial charge in [0.1, 0.15) is 31.7 Å². The predicted molar refractivity (Wildman–Crippen MR) is 514 cm³/mol. The number of rotatable bonds is 85. The van der Waals surface area contributed by atoms with Gasteiger partial charge in [-0.1, -0.05) is 382 Å². The van der Waals surface area contributed by atoms with Crippen molar-refractivity contribution in [3.8, 4) is 0 Å². The molecule has 0 aliphatic carbocycles. The van der Waals surface area contributed by atoms with Crippen LogP contribution in [0.4, 0.5) is 0 Å². The van der Waals surface area contributed by atoms with Crippen LogP contribution in [0.1, 0.15) is 486 Å². The Morgan fingerprint density at radius 3 is 1.15 bits per heavy atom. The lowest BCUT2D eigenvalue weighted by molar-refractivity contribution is -0.279. The van der Waals surface area contributed by atoms with Gasteiger partial charge in [-0.2, -0.15) is 4.89 Å². The summed E-state index contributed by atoms with van der Waals surface area (Å²) in [4.78, 5) is 102. The number of carbonyl (C=O) groups is 8. The maximum atomic E-state index is 11.8. The highest BCUT2D eigenvalue weighted by Gasteiger charge is 2.41. The van der Waals surface area contributed by atoms with E-state index in [-0.39, 0.29) is 126 Å². The maximum Gasteiger partial charge on any atom is 0.330 e. The minimum absolute atomic E-state index is 0.00601. The van der Waals surface area contributed by atoms with Crippen molar-refractivity contribution in [1.82, 2.24) is 0 Å². The molecule has 0 saturated carbocycles. The minimum Gasteiger partial charge on any atom is -0.465 e. The quantitative estimate of drug-likeness (QED) is 0.00552. The summed E-state index contributed by atoms with van der Waals surface area (Å²) in [6, 6.07) is 0. The number of aliphatic hydroxyl groups is 5. The molecule has 0 aromatic carbocycles. The van der Waals surface area contributed by atoms with Gasteiger partial charge in [-0.25, -0.2) is 4.79 Å². The fourth-order valence-corrected chi connectivity index (χ4v) is 14.7. The zero-order valence-corrected chi connectivity index (χ0v) is 83.0. The summed E-state index contributed by atoms with van der Waals surface area (Å²) in [5.41, 5.74) is 0.653. The molecule has 4 unspecified atom stereocenters. The number of ether oxygens (including phenoxy) is 8. The lowest BCUT2D eigenvalue weighted by atomic mass is 10.0. The molecule has 0 amide bonds. The van der Waals surface area contributed by atoms with Crippen LogP contribution < -0.4 is 0 Å². The fourth-order valence-electron chi connectivity index (χ4n) is 14.7. The number of aliphatic hydroxyl groups excluding tert-OH is 5. The second-order valence-electron chi connectivity index (χ2n) is 35.8. The van der Waals surface area contributed by atoms with Crippen molar-refractivity contribution in [3.63, 3.8) is 0 Å². The average Bonchev–Trinajstić information content (AvgIpc) is 1.71. The fraction of sp³-hybridized carbons (Fsp3) is 0.867. The van der Waals surface area contributed by atoms with Crippen LogP contribution in [0.2, 0.25) is 0 Å². The molecule has 752 valence electrons. The Balaban J connectivity index is -0.00000153. The van der Waals surface area contributed by atoms with E-state index >= 15 is 0 Å². The van der Waals surface area contributed by atoms with Crippen LogP contribution in [-0.4, -0.2) is 163 Å². The molecular weight excluding hydrogens is 1630 g/mol. The second kappa shape index (κ2) is 97.6. The maximum absolute atomic E-state index is 11.8. The average molecular weight is 1820 g/mol. The molecule has 0 radical (unpaired) electrons. The molecule has 23 nitrogen and oxygen atoms in total. The van der Waals surface area contributed by atoms with Gasteiger partial charge >= 0.3 is 47.8 Å². The third kappa shape index (κ3) is 87.2. The summed E-state index contributed by atoms with van der Waals surface area (Å²) in [5, 5.41) is 45.7.